The standard InChI is InChI=1S/C21H22FN5O2/c1-29-16-8-6-15(7-9-16)14-18-20(28)23-21(25-24-18)27-12-10-26(11-13-27)19-5-3-2-4-17(19)22/h2-9H,10-14H2,1H3,(H,23,25,28). The smallest absolute Gasteiger partial charge is 0.274 e. The van der Waals surface area contributed by atoms with Crippen LogP contribution in [0.5, 0.6) is 5.75 Å². The third-order valence-electron chi connectivity index (χ3n) is 5.06. The Labute approximate surface area is 167 Å². The van der Waals surface area contributed by atoms with E-state index in [9.17, 15) is 9.18 Å². The summed E-state index contributed by atoms with van der Waals surface area (Å²) in [6, 6.07) is 14.2. The molecule has 0 spiro atoms. The van der Waals surface area contributed by atoms with E-state index in [1.54, 1.807) is 19.2 Å². The molecule has 150 valence electrons. The second-order valence-electron chi connectivity index (χ2n) is 6.87. The molecule has 1 aliphatic heterocycles. The largest absolute Gasteiger partial charge is 0.497 e. The highest BCUT2D eigenvalue weighted by Crippen LogP contribution is 2.21. The van der Waals surface area contributed by atoms with E-state index in [2.05, 4.69) is 15.2 Å². The fourth-order valence-electron chi connectivity index (χ4n) is 3.41. The SMILES string of the molecule is COc1ccc(Cc2nnc(N3CCN(c4ccccc4F)CC3)[nH]c2=O)cc1. The number of hydrogen-bond donors (Lipinski definition) is 1. The van der Waals surface area contributed by atoms with Crippen LogP contribution in [-0.2, 0) is 6.42 Å². The molecular weight excluding hydrogens is 373 g/mol. The third kappa shape index (κ3) is 4.21. The number of hydrogen-bond acceptors (Lipinski definition) is 6. The van der Waals surface area contributed by atoms with Gasteiger partial charge in [-0.05, 0) is 29.8 Å². The normalized spacial score (nSPS) is 14.1. The van der Waals surface area contributed by atoms with Gasteiger partial charge in [0.05, 0.1) is 12.8 Å². The van der Waals surface area contributed by atoms with Crippen molar-refractivity contribution in [3.05, 3.63) is 76.0 Å². The van der Waals surface area contributed by atoms with E-state index in [0.717, 1.165) is 11.3 Å². The van der Waals surface area contributed by atoms with Gasteiger partial charge in [0.1, 0.15) is 17.3 Å². The second kappa shape index (κ2) is 8.30. The molecule has 1 fully saturated rings. The van der Waals surface area contributed by atoms with Gasteiger partial charge >= 0.3 is 0 Å². The molecule has 0 unspecified atom stereocenters. The lowest BCUT2D eigenvalue weighted by atomic mass is 10.1. The number of H-pyrrole nitrogens is 1. The summed E-state index contributed by atoms with van der Waals surface area (Å²) < 4.78 is 19.1. The molecular formula is C21H22FN5O2. The highest BCUT2D eigenvalue weighted by atomic mass is 19.1. The second-order valence-corrected chi connectivity index (χ2v) is 6.87. The van der Waals surface area contributed by atoms with Gasteiger partial charge in [0.25, 0.3) is 5.56 Å². The van der Waals surface area contributed by atoms with E-state index in [1.807, 2.05) is 40.1 Å². The Bertz CT molecular complexity index is 1030. The summed E-state index contributed by atoms with van der Waals surface area (Å²) in [4.78, 5) is 19.3. The fourth-order valence-corrected chi connectivity index (χ4v) is 3.41. The number of rotatable bonds is 5. The van der Waals surface area contributed by atoms with Crippen molar-refractivity contribution in [1.82, 2.24) is 15.2 Å². The van der Waals surface area contributed by atoms with Crippen LogP contribution in [0.3, 0.4) is 0 Å². The first-order valence-corrected chi connectivity index (χ1v) is 9.47. The molecule has 1 aliphatic rings. The minimum atomic E-state index is -0.248. The van der Waals surface area contributed by atoms with Gasteiger partial charge in [0.2, 0.25) is 5.95 Å². The number of halogens is 1. The van der Waals surface area contributed by atoms with Gasteiger partial charge in [-0.2, -0.15) is 0 Å². The zero-order valence-electron chi connectivity index (χ0n) is 16.1. The molecule has 2 aromatic carbocycles. The maximum atomic E-state index is 14.0. The van der Waals surface area contributed by atoms with E-state index in [0.29, 0.717) is 49.9 Å². The average molecular weight is 395 g/mol. The molecule has 8 heteroatoms. The van der Waals surface area contributed by atoms with Crippen LogP contribution in [0.1, 0.15) is 11.3 Å². The predicted octanol–water partition coefficient (Wildman–Crippen LogP) is 2.23. The number of aromatic amines is 1. The van der Waals surface area contributed by atoms with Crippen molar-refractivity contribution in [3.8, 4) is 5.75 Å². The Kier molecular flexibility index (Phi) is 5.41. The first kappa shape index (κ1) is 18.9. The fraction of sp³-hybridized carbons (Fsp3) is 0.286. The van der Waals surface area contributed by atoms with E-state index < -0.39 is 0 Å². The lowest BCUT2D eigenvalue weighted by Gasteiger charge is -2.36. The number of piperazine rings is 1. The van der Waals surface area contributed by atoms with Gasteiger partial charge in [0, 0.05) is 32.6 Å². The first-order valence-electron chi connectivity index (χ1n) is 9.47. The Morgan fingerprint density at radius 2 is 1.69 bits per heavy atom. The topological polar surface area (TPSA) is 74.4 Å². The van der Waals surface area contributed by atoms with Gasteiger partial charge in [-0.25, -0.2) is 4.39 Å². The number of nitrogens with one attached hydrogen (secondary N) is 1. The van der Waals surface area contributed by atoms with Crippen LogP contribution in [0.4, 0.5) is 16.0 Å². The lowest BCUT2D eigenvalue weighted by molar-refractivity contribution is 0.414. The Balaban J connectivity index is 1.42. The molecule has 1 aromatic heterocycles. The van der Waals surface area contributed by atoms with Crippen molar-refractivity contribution in [2.24, 2.45) is 0 Å². The molecule has 29 heavy (non-hydrogen) atoms. The first-order chi connectivity index (χ1) is 14.1. The van der Waals surface area contributed by atoms with Crippen LogP contribution in [0.15, 0.2) is 53.3 Å². The van der Waals surface area contributed by atoms with Crippen LogP contribution in [0, 0.1) is 5.82 Å². The molecule has 3 aromatic rings. The van der Waals surface area contributed by atoms with Gasteiger partial charge in [-0.1, -0.05) is 24.3 Å². The number of anilines is 2. The van der Waals surface area contributed by atoms with Crippen molar-refractivity contribution in [1.29, 1.82) is 0 Å². The molecule has 2 heterocycles. The summed E-state index contributed by atoms with van der Waals surface area (Å²) in [6.07, 6.45) is 0.396. The van der Waals surface area contributed by atoms with Crippen molar-refractivity contribution in [3.63, 3.8) is 0 Å². The molecule has 7 nitrogen and oxygen atoms in total. The molecule has 0 bridgehead atoms. The third-order valence-corrected chi connectivity index (χ3v) is 5.06. The zero-order valence-corrected chi connectivity index (χ0v) is 16.1. The van der Waals surface area contributed by atoms with Gasteiger partial charge in [-0.15, -0.1) is 10.2 Å². The molecule has 4 rings (SSSR count). The highest BCUT2D eigenvalue weighted by molar-refractivity contribution is 5.49. The number of benzene rings is 2. The van der Waals surface area contributed by atoms with Gasteiger partial charge < -0.3 is 14.5 Å². The quantitative estimate of drug-likeness (QED) is 0.714. The maximum absolute atomic E-state index is 14.0. The van der Waals surface area contributed by atoms with Crippen LogP contribution >= 0.6 is 0 Å². The van der Waals surface area contributed by atoms with E-state index in [4.69, 9.17) is 4.74 Å². The number of methoxy groups -OCH3 is 1. The van der Waals surface area contributed by atoms with Crippen LogP contribution < -0.4 is 20.1 Å². The summed E-state index contributed by atoms with van der Waals surface area (Å²) >= 11 is 0. The van der Waals surface area contributed by atoms with Gasteiger partial charge in [0.15, 0.2) is 0 Å². The number of para-hydroxylation sites is 1. The van der Waals surface area contributed by atoms with Crippen LogP contribution in [-0.4, -0.2) is 48.5 Å². The van der Waals surface area contributed by atoms with Crippen molar-refractivity contribution >= 4 is 11.6 Å². The number of ether oxygens (including phenoxy) is 1. The average Bonchev–Trinajstić information content (AvgIpc) is 2.76. The summed E-state index contributed by atoms with van der Waals surface area (Å²) in [5, 5.41) is 8.35. The lowest BCUT2D eigenvalue weighted by Crippen LogP contribution is -2.48. The summed E-state index contributed by atoms with van der Waals surface area (Å²) in [7, 11) is 1.61. The van der Waals surface area contributed by atoms with Crippen molar-refractivity contribution < 1.29 is 9.13 Å². The Morgan fingerprint density at radius 3 is 2.34 bits per heavy atom. The maximum Gasteiger partial charge on any atom is 0.274 e. The molecule has 0 amide bonds. The summed E-state index contributed by atoms with van der Waals surface area (Å²) in [5.74, 6) is 0.984. The monoisotopic (exact) mass is 395 g/mol. The Morgan fingerprint density at radius 1 is 1.00 bits per heavy atom. The summed E-state index contributed by atoms with van der Waals surface area (Å²) in [6.45, 7) is 2.52. The van der Waals surface area contributed by atoms with Crippen molar-refractivity contribution in [2.45, 2.75) is 6.42 Å². The number of nitrogens with zero attached hydrogens (tertiary/aromatic N) is 4. The molecule has 1 saturated heterocycles. The Hall–Kier alpha value is -3.42. The van der Waals surface area contributed by atoms with Gasteiger partial charge in [-0.3, -0.25) is 9.78 Å². The van der Waals surface area contributed by atoms with Crippen LogP contribution in [0.2, 0.25) is 0 Å². The predicted molar refractivity (Wildman–Crippen MR) is 109 cm³/mol. The minimum Gasteiger partial charge on any atom is -0.497 e. The van der Waals surface area contributed by atoms with Crippen LogP contribution in [0.25, 0.3) is 0 Å². The minimum absolute atomic E-state index is 0.225. The molecule has 0 aliphatic carbocycles. The van der Waals surface area contributed by atoms with E-state index >= 15 is 0 Å². The van der Waals surface area contributed by atoms with Crippen molar-refractivity contribution in [2.75, 3.05) is 43.1 Å². The van der Waals surface area contributed by atoms with E-state index in [1.165, 1.54) is 6.07 Å². The number of aromatic nitrogens is 3. The van der Waals surface area contributed by atoms with E-state index in [-0.39, 0.29) is 11.4 Å². The molecule has 0 atom stereocenters. The highest BCUT2D eigenvalue weighted by Gasteiger charge is 2.21. The zero-order chi connectivity index (χ0) is 20.2. The summed E-state index contributed by atoms with van der Waals surface area (Å²) in [5.41, 5.74) is 1.67. The molecule has 0 radical (unpaired) electrons. The molecule has 0 saturated carbocycles. The molecule has 1 N–H and O–H groups in total.